The highest BCUT2D eigenvalue weighted by molar-refractivity contribution is 6.33. The molecule has 2 N–H and O–H groups in total. The third-order valence-corrected chi connectivity index (χ3v) is 9.36. The van der Waals surface area contributed by atoms with E-state index in [1.54, 1.807) is 24.3 Å². The Bertz CT molecular complexity index is 1400. The van der Waals surface area contributed by atoms with Gasteiger partial charge >= 0.3 is 0 Å². The molecule has 2 saturated heterocycles. The first-order chi connectivity index (χ1) is 18.7. The van der Waals surface area contributed by atoms with Crippen molar-refractivity contribution in [2.75, 3.05) is 36.8 Å². The molecule has 0 saturated carbocycles. The summed E-state index contributed by atoms with van der Waals surface area (Å²) in [7, 11) is 0. The van der Waals surface area contributed by atoms with Gasteiger partial charge in [0.1, 0.15) is 5.54 Å². The molecule has 3 heterocycles. The van der Waals surface area contributed by atoms with Crippen LogP contribution in [0.25, 0.3) is 0 Å². The van der Waals surface area contributed by atoms with Crippen molar-refractivity contribution in [3.05, 3.63) is 58.1 Å². The van der Waals surface area contributed by atoms with Gasteiger partial charge < -0.3 is 10.6 Å². The van der Waals surface area contributed by atoms with E-state index in [1.165, 1.54) is 0 Å². The molecule has 0 bridgehead atoms. The number of fused-ring (bicyclic) bond motifs is 4. The first kappa shape index (κ1) is 25.9. The fourth-order valence-corrected chi connectivity index (χ4v) is 6.81. The van der Waals surface area contributed by atoms with Crippen LogP contribution in [-0.2, 0) is 15.1 Å². The largest absolute Gasteiger partial charge is 0.324 e. The van der Waals surface area contributed by atoms with Crippen LogP contribution < -0.4 is 10.6 Å². The second-order valence-corrected chi connectivity index (χ2v) is 11.9. The molecule has 204 valence electrons. The van der Waals surface area contributed by atoms with E-state index in [9.17, 15) is 19.2 Å². The maximum absolute atomic E-state index is 14.0. The van der Waals surface area contributed by atoms with E-state index in [0.717, 1.165) is 70.3 Å². The molecule has 6 rings (SSSR count). The lowest BCUT2D eigenvalue weighted by molar-refractivity contribution is -0.127. The molecule has 2 aromatic carbocycles. The molecule has 8 heteroatoms. The molecule has 0 spiro atoms. The Kier molecular flexibility index (Phi) is 6.23. The lowest BCUT2D eigenvalue weighted by Gasteiger charge is -2.39. The average molecular weight is 529 g/mol. The van der Waals surface area contributed by atoms with Gasteiger partial charge in [-0.25, -0.2) is 0 Å². The zero-order chi connectivity index (χ0) is 27.5. The zero-order valence-electron chi connectivity index (χ0n) is 23.0. The lowest BCUT2D eigenvalue weighted by atomic mass is 9.79. The monoisotopic (exact) mass is 528 g/mol. The Balaban J connectivity index is 1.37. The Morgan fingerprint density at radius 3 is 2.15 bits per heavy atom. The van der Waals surface area contributed by atoms with Gasteiger partial charge in [-0.1, -0.05) is 31.0 Å². The van der Waals surface area contributed by atoms with Gasteiger partial charge in [-0.3, -0.25) is 29.0 Å². The molecular formula is C31H36N4O4. The van der Waals surface area contributed by atoms with E-state index in [1.807, 2.05) is 26.8 Å². The molecule has 1 aliphatic carbocycles. The van der Waals surface area contributed by atoms with Crippen LogP contribution in [0.4, 0.5) is 11.4 Å². The van der Waals surface area contributed by atoms with E-state index >= 15 is 0 Å². The van der Waals surface area contributed by atoms with Gasteiger partial charge in [0.2, 0.25) is 11.8 Å². The number of anilines is 2. The van der Waals surface area contributed by atoms with Crippen LogP contribution in [0.2, 0.25) is 0 Å². The minimum absolute atomic E-state index is 0.167. The van der Waals surface area contributed by atoms with E-state index in [-0.39, 0.29) is 45.6 Å². The lowest BCUT2D eigenvalue weighted by Crippen LogP contribution is -2.54. The van der Waals surface area contributed by atoms with E-state index in [2.05, 4.69) is 20.4 Å². The SMILES string of the molecule is CC(C)(C(=O)Nc1cccc2c1C(=O)c1ccc3c(c1C2=O)NC(=O)C3(C)N1CCCCC1)N1CCCCC1. The van der Waals surface area contributed by atoms with Crippen molar-refractivity contribution >= 4 is 34.8 Å². The smallest absolute Gasteiger partial charge is 0.249 e. The third-order valence-electron chi connectivity index (χ3n) is 9.36. The number of rotatable bonds is 4. The average Bonchev–Trinajstić information content (AvgIpc) is 3.22. The van der Waals surface area contributed by atoms with Gasteiger partial charge in [-0.2, -0.15) is 0 Å². The topological polar surface area (TPSA) is 98.8 Å². The maximum atomic E-state index is 14.0. The second kappa shape index (κ2) is 9.38. The molecule has 3 aliphatic heterocycles. The summed E-state index contributed by atoms with van der Waals surface area (Å²) in [6.45, 7) is 9.04. The summed E-state index contributed by atoms with van der Waals surface area (Å²) in [5.74, 6) is -1.01. The molecule has 1 unspecified atom stereocenters. The second-order valence-electron chi connectivity index (χ2n) is 11.9. The highest BCUT2D eigenvalue weighted by atomic mass is 16.2. The maximum Gasteiger partial charge on any atom is 0.249 e. The minimum atomic E-state index is -0.885. The van der Waals surface area contributed by atoms with Crippen LogP contribution in [-0.4, -0.2) is 64.9 Å². The van der Waals surface area contributed by atoms with Gasteiger partial charge in [0, 0.05) is 16.7 Å². The Hall–Kier alpha value is -3.36. The molecule has 39 heavy (non-hydrogen) atoms. The van der Waals surface area contributed by atoms with Crippen molar-refractivity contribution in [3.8, 4) is 0 Å². The number of carbonyl (C=O) groups is 4. The van der Waals surface area contributed by atoms with Gasteiger partial charge in [0.25, 0.3) is 0 Å². The van der Waals surface area contributed by atoms with Gasteiger partial charge in [0.15, 0.2) is 11.6 Å². The van der Waals surface area contributed by atoms with Crippen LogP contribution in [0, 0.1) is 0 Å². The summed E-state index contributed by atoms with van der Waals surface area (Å²) < 4.78 is 0. The molecule has 0 aromatic heterocycles. The predicted molar refractivity (Wildman–Crippen MR) is 149 cm³/mol. The fraction of sp³-hybridized carbons (Fsp3) is 0.484. The number of nitrogens with one attached hydrogen (secondary N) is 2. The first-order valence-electron chi connectivity index (χ1n) is 14.2. The van der Waals surface area contributed by atoms with Crippen molar-refractivity contribution < 1.29 is 19.2 Å². The number of likely N-dealkylation sites (tertiary alicyclic amines) is 2. The number of ketones is 2. The van der Waals surface area contributed by atoms with Crippen LogP contribution in [0.3, 0.4) is 0 Å². The number of carbonyl (C=O) groups excluding carboxylic acids is 4. The van der Waals surface area contributed by atoms with Crippen molar-refractivity contribution in [3.63, 3.8) is 0 Å². The molecule has 8 nitrogen and oxygen atoms in total. The van der Waals surface area contributed by atoms with Gasteiger partial charge in [-0.15, -0.1) is 0 Å². The highest BCUT2D eigenvalue weighted by Gasteiger charge is 2.50. The number of nitrogens with zero attached hydrogens (tertiary/aromatic N) is 2. The Morgan fingerprint density at radius 1 is 0.846 bits per heavy atom. The van der Waals surface area contributed by atoms with E-state index in [4.69, 9.17) is 0 Å². The van der Waals surface area contributed by atoms with Crippen LogP contribution in [0.15, 0.2) is 30.3 Å². The normalized spacial score (nSPS) is 23.6. The van der Waals surface area contributed by atoms with Gasteiger partial charge in [0.05, 0.1) is 28.0 Å². The van der Waals surface area contributed by atoms with Crippen LogP contribution in [0.5, 0.6) is 0 Å². The van der Waals surface area contributed by atoms with Crippen molar-refractivity contribution in [2.24, 2.45) is 0 Å². The predicted octanol–water partition coefficient (Wildman–Crippen LogP) is 4.32. The number of benzene rings is 2. The van der Waals surface area contributed by atoms with Crippen LogP contribution in [0.1, 0.15) is 96.7 Å². The molecule has 4 aliphatic rings. The quantitative estimate of drug-likeness (QED) is 0.524. The summed E-state index contributed by atoms with van der Waals surface area (Å²) in [4.78, 5) is 59.1. The van der Waals surface area contributed by atoms with E-state index < -0.39 is 11.1 Å². The number of amides is 2. The molecule has 0 radical (unpaired) electrons. The standard InChI is InChI=1S/C31H36N4O4/c1-30(2,34-15-6-4-7-16-34)28(38)32-22-12-10-11-19-23(22)26(36)20-13-14-21-25(24(20)27(19)37)33-29(39)31(21,3)35-17-8-5-9-18-35/h10-14H,4-9,15-18H2,1-3H3,(H,32,38)(H,33,39). The van der Waals surface area contributed by atoms with E-state index in [0.29, 0.717) is 11.4 Å². The summed E-state index contributed by atoms with van der Waals surface area (Å²) in [6, 6.07) is 8.50. The number of piperidine rings is 2. The zero-order valence-corrected chi connectivity index (χ0v) is 23.0. The molecule has 1 atom stereocenters. The summed E-state index contributed by atoms with van der Waals surface area (Å²) in [5, 5.41) is 5.94. The minimum Gasteiger partial charge on any atom is -0.324 e. The summed E-state index contributed by atoms with van der Waals surface area (Å²) >= 11 is 0. The molecule has 2 amide bonds. The Morgan fingerprint density at radius 2 is 1.46 bits per heavy atom. The molecule has 2 fully saturated rings. The summed E-state index contributed by atoms with van der Waals surface area (Å²) in [5.41, 5.74) is 0.839. The number of hydrogen-bond acceptors (Lipinski definition) is 6. The first-order valence-corrected chi connectivity index (χ1v) is 14.2. The van der Waals surface area contributed by atoms with Crippen molar-refractivity contribution in [2.45, 2.75) is 70.4 Å². The molecule has 2 aromatic rings. The Labute approximate surface area is 229 Å². The van der Waals surface area contributed by atoms with Gasteiger partial charge in [-0.05, 0) is 84.8 Å². The molecular weight excluding hydrogens is 492 g/mol. The highest BCUT2D eigenvalue weighted by Crippen LogP contribution is 2.46. The van der Waals surface area contributed by atoms with Crippen molar-refractivity contribution in [1.29, 1.82) is 0 Å². The van der Waals surface area contributed by atoms with Crippen LogP contribution >= 0.6 is 0 Å². The fourth-order valence-electron chi connectivity index (χ4n) is 6.81. The number of hydrogen-bond donors (Lipinski definition) is 2. The van der Waals surface area contributed by atoms with Crippen molar-refractivity contribution in [1.82, 2.24) is 9.80 Å². The third kappa shape index (κ3) is 3.87. The summed E-state index contributed by atoms with van der Waals surface area (Å²) in [6.07, 6.45) is 6.46.